The Morgan fingerprint density at radius 2 is 2.06 bits per heavy atom. The minimum atomic E-state index is -0.273. The van der Waals surface area contributed by atoms with Crippen molar-refractivity contribution >= 4 is 16.9 Å². The van der Waals surface area contributed by atoms with E-state index < -0.39 is 0 Å². The Kier molecular flexibility index (Phi) is 7.02. The molecule has 4 heterocycles. The fraction of sp³-hybridized carbons (Fsp3) is 0.458. The number of furan rings is 1. The van der Waals surface area contributed by atoms with Gasteiger partial charge in [0.25, 0.3) is 5.91 Å². The Labute approximate surface area is 187 Å². The quantitative estimate of drug-likeness (QED) is 0.572. The number of amides is 1. The van der Waals surface area contributed by atoms with Crippen LogP contribution >= 0.6 is 0 Å². The highest BCUT2D eigenvalue weighted by atomic mass is 16.5. The second-order valence-corrected chi connectivity index (χ2v) is 8.25. The maximum absolute atomic E-state index is 13.6. The number of aromatic nitrogens is 2. The van der Waals surface area contributed by atoms with Crippen LogP contribution in [-0.4, -0.2) is 59.8 Å². The van der Waals surface area contributed by atoms with Gasteiger partial charge in [-0.15, -0.1) is 0 Å². The number of pyridine rings is 2. The topological polar surface area (TPSA) is 82.0 Å². The molecule has 8 nitrogen and oxygen atoms in total. The summed E-state index contributed by atoms with van der Waals surface area (Å²) in [7, 11) is 0. The normalized spacial score (nSPS) is 14.7. The van der Waals surface area contributed by atoms with Crippen molar-refractivity contribution in [1.82, 2.24) is 14.5 Å². The molecule has 170 valence electrons. The second kappa shape index (κ2) is 10.1. The lowest BCUT2D eigenvalue weighted by Gasteiger charge is -2.26. The number of aryl methyl sites for hydroxylation is 2. The first kappa shape index (κ1) is 22.2. The lowest BCUT2D eigenvalue weighted by Crippen LogP contribution is -3.14. The molecular weight excluding hydrogens is 408 g/mol. The van der Waals surface area contributed by atoms with E-state index in [1.807, 2.05) is 36.6 Å². The third kappa shape index (κ3) is 4.92. The van der Waals surface area contributed by atoms with Gasteiger partial charge in [0.2, 0.25) is 5.43 Å². The standard InChI is InChI=1S/C24H30N4O4/c1-3-27-17-21(22(29)20-8-7-18(2)25-23(20)27)24(30)28(16-19-6-4-13-32-19)10-5-9-26-11-14-31-15-12-26/h4,6-8,13,17H,3,5,9-12,14-16H2,1-2H3/p+1. The predicted octanol–water partition coefficient (Wildman–Crippen LogP) is 1.27. The lowest BCUT2D eigenvalue weighted by atomic mass is 10.1. The van der Waals surface area contributed by atoms with Gasteiger partial charge in [-0.05, 0) is 38.1 Å². The monoisotopic (exact) mass is 439 g/mol. The lowest BCUT2D eigenvalue weighted by molar-refractivity contribution is -0.908. The Morgan fingerprint density at radius 3 is 2.78 bits per heavy atom. The molecule has 1 fully saturated rings. The molecule has 1 N–H and O–H groups in total. The Balaban J connectivity index is 1.60. The zero-order valence-corrected chi connectivity index (χ0v) is 18.8. The van der Waals surface area contributed by atoms with E-state index in [2.05, 4.69) is 4.98 Å². The van der Waals surface area contributed by atoms with Gasteiger partial charge in [0.15, 0.2) is 0 Å². The van der Waals surface area contributed by atoms with Crippen LogP contribution in [0.1, 0.15) is 35.2 Å². The van der Waals surface area contributed by atoms with Crippen molar-refractivity contribution in [3.8, 4) is 0 Å². The summed E-state index contributed by atoms with van der Waals surface area (Å²) >= 11 is 0. The zero-order chi connectivity index (χ0) is 22.5. The molecule has 0 unspecified atom stereocenters. The molecule has 0 atom stereocenters. The summed E-state index contributed by atoms with van der Waals surface area (Å²) in [5.41, 5.74) is 1.35. The number of rotatable bonds is 8. The fourth-order valence-corrected chi connectivity index (χ4v) is 4.20. The van der Waals surface area contributed by atoms with Crippen LogP contribution in [-0.2, 0) is 17.8 Å². The number of morpholine rings is 1. The number of nitrogens with one attached hydrogen (secondary N) is 1. The number of hydrogen-bond donors (Lipinski definition) is 1. The van der Waals surface area contributed by atoms with Crippen LogP contribution in [0.4, 0.5) is 0 Å². The van der Waals surface area contributed by atoms with E-state index in [0.717, 1.165) is 45.0 Å². The predicted molar refractivity (Wildman–Crippen MR) is 121 cm³/mol. The van der Waals surface area contributed by atoms with Crippen molar-refractivity contribution in [2.75, 3.05) is 39.4 Å². The highest BCUT2D eigenvalue weighted by Crippen LogP contribution is 2.14. The second-order valence-electron chi connectivity index (χ2n) is 8.25. The van der Waals surface area contributed by atoms with Gasteiger partial charge in [0, 0.05) is 31.4 Å². The first-order chi connectivity index (χ1) is 15.6. The van der Waals surface area contributed by atoms with Crippen molar-refractivity contribution in [2.24, 2.45) is 0 Å². The maximum atomic E-state index is 13.6. The number of fused-ring (bicyclic) bond motifs is 1. The fourth-order valence-electron chi connectivity index (χ4n) is 4.20. The van der Waals surface area contributed by atoms with E-state index >= 15 is 0 Å². The molecule has 0 aromatic carbocycles. The van der Waals surface area contributed by atoms with Crippen LogP contribution < -0.4 is 10.3 Å². The van der Waals surface area contributed by atoms with Gasteiger partial charge in [-0.25, -0.2) is 4.98 Å². The first-order valence-electron chi connectivity index (χ1n) is 11.3. The number of carbonyl (C=O) groups is 1. The summed E-state index contributed by atoms with van der Waals surface area (Å²) in [5, 5.41) is 0.471. The SMILES string of the molecule is CCn1cc(C(=O)N(CCC[NH+]2CCOCC2)Cc2ccco2)c(=O)c2ccc(C)nc21. The van der Waals surface area contributed by atoms with E-state index in [0.29, 0.717) is 36.4 Å². The molecule has 1 amide bonds. The molecule has 1 saturated heterocycles. The number of quaternary nitrogens is 1. The number of hydrogen-bond acceptors (Lipinski definition) is 5. The van der Waals surface area contributed by atoms with Crippen LogP contribution in [0.3, 0.4) is 0 Å². The van der Waals surface area contributed by atoms with E-state index in [1.54, 1.807) is 23.4 Å². The maximum Gasteiger partial charge on any atom is 0.259 e. The molecule has 1 aliphatic heterocycles. The summed E-state index contributed by atoms with van der Waals surface area (Å²) in [5.74, 6) is 0.430. The van der Waals surface area contributed by atoms with Crippen LogP contribution in [0.2, 0.25) is 0 Å². The van der Waals surface area contributed by atoms with Gasteiger partial charge in [0.1, 0.15) is 30.1 Å². The van der Waals surface area contributed by atoms with Crippen molar-refractivity contribution in [3.05, 3.63) is 64.0 Å². The number of carbonyl (C=O) groups excluding carboxylic acids is 1. The molecule has 3 aromatic heterocycles. The third-order valence-electron chi connectivity index (χ3n) is 6.00. The number of ether oxygens (including phenoxy) is 1. The molecule has 0 radical (unpaired) electrons. The van der Waals surface area contributed by atoms with E-state index in [4.69, 9.17) is 9.15 Å². The zero-order valence-electron chi connectivity index (χ0n) is 18.8. The van der Waals surface area contributed by atoms with Crippen molar-refractivity contribution in [2.45, 2.75) is 33.4 Å². The van der Waals surface area contributed by atoms with E-state index in [-0.39, 0.29) is 16.9 Å². The highest BCUT2D eigenvalue weighted by molar-refractivity contribution is 5.96. The van der Waals surface area contributed by atoms with Gasteiger partial charge < -0.3 is 23.5 Å². The van der Waals surface area contributed by atoms with Crippen LogP contribution in [0, 0.1) is 6.92 Å². The molecule has 0 bridgehead atoms. The number of nitrogens with zero attached hydrogens (tertiary/aromatic N) is 3. The molecule has 0 saturated carbocycles. The van der Waals surface area contributed by atoms with Gasteiger partial charge in [-0.1, -0.05) is 0 Å². The molecule has 8 heteroatoms. The minimum absolute atomic E-state index is 0.176. The third-order valence-corrected chi connectivity index (χ3v) is 6.00. The molecule has 0 spiro atoms. The van der Waals surface area contributed by atoms with Gasteiger partial charge in [-0.2, -0.15) is 0 Å². The summed E-state index contributed by atoms with van der Waals surface area (Å²) in [6.07, 6.45) is 4.10. The minimum Gasteiger partial charge on any atom is -0.467 e. The molecule has 32 heavy (non-hydrogen) atoms. The van der Waals surface area contributed by atoms with E-state index in [1.165, 1.54) is 4.90 Å². The van der Waals surface area contributed by atoms with Crippen LogP contribution in [0.15, 0.2) is 45.9 Å². The summed E-state index contributed by atoms with van der Waals surface area (Å²) in [4.78, 5) is 34.5. The average Bonchev–Trinajstić information content (AvgIpc) is 3.32. The summed E-state index contributed by atoms with van der Waals surface area (Å²) < 4.78 is 12.8. The van der Waals surface area contributed by atoms with Gasteiger partial charge >= 0.3 is 0 Å². The van der Waals surface area contributed by atoms with Gasteiger partial charge in [-0.3, -0.25) is 9.59 Å². The Hall–Kier alpha value is -2.97. The Morgan fingerprint density at radius 1 is 1.25 bits per heavy atom. The summed E-state index contributed by atoms with van der Waals surface area (Å²) in [6, 6.07) is 7.24. The van der Waals surface area contributed by atoms with Gasteiger partial charge in [0.05, 0.1) is 38.0 Å². The molecule has 1 aliphatic rings. The average molecular weight is 440 g/mol. The smallest absolute Gasteiger partial charge is 0.259 e. The van der Waals surface area contributed by atoms with Crippen molar-refractivity contribution in [3.63, 3.8) is 0 Å². The first-order valence-corrected chi connectivity index (χ1v) is 11.3. The van der Waals surface area contributed by atoms with Crippen LogP contribution in [0.25, 0.3) is 11.0 Å². The molecule has 4 rings (SSSR count). The largest absolute Gasteiger partial charge is 0.467 e. The highest BCUT2D eigenvalue weighted by Gasteiger charge is 2.23. The molecule has 0 aliphatic carbocycles. The molecular formula is C24H31N4O4+. The molecule has 3 aromatic rings. The van der Waals surface area contributed by atoms with Crippen LogP contribution in [0.5, 0.6) is 0 Å². The van der Waals surface area contributed by atoms with E-state index in [9.17, 15) is 9.59 Å². The summed E-state index contributed by atoms with van der Waals surface area (Å²) in [6.45, 7) is 9.89. The van der Waals surface area contributed by atoms with Crippen molar-refractivity contribution < 1.29 is 18.8 Å². The Bertz CT molecular complexity index is 1120. The van der Waals surface area contributed by atoms with Crippen molar-refractivity contribution in [1.29, 1.82) is 0 Å².